The number of benzene rings is 1. The minimum atomic E-state index is -1.01. The van der Waals surface area contributed by atoms with Crippen LogP contribution in [0.5, 0.6) is 0 Å². The SMILES string of the molecule is CCC1(C)NC(=O)N(CC(=O)OCC(=O)N2c3ccccc3CCC2C)C1=O. The predicted molar refractivity (Wildman–Crippen MR) is 102 cm³/mol. The topological polar surface area (TPSA) is 96.0 Å². The summed E-state index contributed by atoms with van der Waals surface area (Å²) < 4.78 is 5.08. The molecule has 1 N–H and O–H groups in total. The Labute approximate surface area is 163 Å². The summed E-state index contributed by atoms with van der Waals surface area (Å²) in [6, 6.07) is 7.03. The maximum atomic E-state index is 12.7. The van der Waals surface area contributed by atoms with Gasteiger partial charge in [0.1, 0.15) is 12.1 Å². The molecule has 28 heavy (non-hydrogen) atoms. The summed E-state index contributed by atoms with van der Waals surface area (Å²) in [6.07, 6.45) is 2.13. The largest absolute Gasteiger partial charge is 0.454 e. The average Bonchev–Trinajstić information content (AvgIpc) is 2.89. The zero-order chi connectivity index (χ0) is 20.5. The molecule has 0 radical (unpaired) electrons. The van der Waals surface area contributed by atoms with Gasteiger partial charge in [0.15, 0.2) is 6.61 Å². The van der Waals surface area contributed by atoms with Crippen LogP contribution in [0.25, 0.3) is 0 Å². The van der Waals surface area contributed by atoms with Gasteiger partial charge < -0.3 is 15.0 Å². The fraction of sp³-hybridized carbons (Fsp3) is 0.500. The Morgan fingerprint density at radius 2 is 2.00 bits per heavy atom. The van der Waals surface area contributed by atoms with Gasteiger partial charge in [-0.1, -0.05) is 25.1 Å². The number of amides is 4. The molecule has 1 saturated heterocycles. The Kier molecular flexibility index (Phi) is 5.40. The van der Waals surface area contributed by atoms with Crippen LogP contribution in [0.4, 0.5) is 10.5 Å². The molecule has 2 unspecified atom stereocenters. The van der Waals surface area contributed by atoms with Crippen molar-refractivity contribution in [3.63, 3.8) is 0 Å². The number of nitrogens with zero attached hydrogens (tertiary/aromatic N) is 2. The van der Waals surface area contributed by atoms with Crippen LogP contribution in [-0.2, 0) is 25.5 Å². The molecule has 0 aromatic heterocycles. The lowest BCUT2D eigenvalue weighted by atomic mass is 9.96. The molecule has 2 aliphatic heterocycles. The molecule has 0 spiro atoms. The molecule has 0 saturated carbocycles. The van der Waals surface area contributed by atoms with E-state index in [2.05, 4.69) is 5.32 Å². The van der Waals surface area contributed by atoms with E-state index in [9.17, 15) is 19.2 Å². The number of para-hydroxylation sites is 1. The molecule has 2 aliphatic rings. The quantitative estimate of drug-likeness (QED) is 0.612. The van der Waals surface area contributed by atoms with Crippen molar-refractivity contribution in [1.82, 2.24) is 10.2 Å². The van der Waals surface area contributed by atoms with E-state index in [0.29, 0.717) is 6.42 Å². The second-order valence-electron chi connectivity index (χ2n) is 7.45. The number of urea groups is 1. The first-order chi connectivity index (χ1) is 13.3. The number of imide groups is 1. The first-order valence-corrected chi connectivity index (χ1v) is 9.46. The molecule has 150 valence electrons. The van der Waals surface area contributed by atoms with Crippen molar-refractivity contribution < 1.29 is 23.9 Å². The van der Waals surface area contributed by atoms with E-state index in [4.69, 9.17) is 4.74 Å². The fourth-order valence-corrected chi connectivity index (χ4v) is 3.59. The Morgan fingerprint density at radius 1 is 1.29 bits per heavy atom. The number of ether oxygens (including phenoxy) is 1. The van der Waals surface area contributed by atoms with E-state index < -0.39 is 36.6 Å². The highest BCUT2D eigenvalue weighted by atomic mass is 16.5. The average molecular weight is 387 g/mol. The molecule has 8 heteroatoms. The minimum absolute atomic E-state index is 0.00250. The lowest BCUT2D eigenvalue weighted by Gasteiger charge is -2.35. The molecule has 2 heterocycles. The fourth-order valence-electron chi connectivity index (χ4n) is 3.59. The Morgan fingerprint density at radius 3 is 2.68 bits per heavy atom. The van der Waals surface area contributed by atoms with Crippen LogP contribution in [0.15, 0.2) is 24.3 Å². The number of carbonyl (C=O) groups is 4. The van der Waals surface area contributed by atoms with Gasteiger partial charge in [-0.3, -0.25) is 19.3 Å². The maximum Gasteiger partial charge on any atom is 0.326 e. The van der Waals surface area contributed by atoms with Crippen LogP contribution in [-0.4, -0.2) is 53.4 Å². The van der Waals surface area contributed by atoms with E-state index in [0.717, 1.165) is 29.0 Å². The van der Waals surface area contributed by atoms with E-state index in [1.807, 2.05) is 31.2 Å². The van der Waals surface area contributed by atoms with Crippen molar-refractivity contribution >= 4 is 29.5 Å². The summed E-state index contributed by atoms with van der Waals surface area (Å²) in [5.74, 6) is -1.60. The second-order valence-corrected chi connectivity index (χ2v) is 7.45. The lowest BCUT2D eigenvalue weighted by Crippen LogP contribution is -2.45. The van der Waals surface area contributed by atoms with Crippen molar-refractivity contribution in [3.8, 4) is 0 Å². The number of rotatable bonds is 5. The summed E-state index contributed by atoms with van der Waals surface area (Å²) in [5.41, 5.74) is 0.897. The first kappa shape index (κ1) is 19.9. The van der Waals surface area contributed by atoms with Crippen LogP contribution in [0.1, 0.15) is 39.2 Å². The molecule has 4 amide bonds. The zero-order valence-electron chi connectivity index (χ0n) is 16.4. The number of anilines is 1. The molecular formula is C20H25N3O5. The smallest absolute Gasteiger partial charge is 0.326 e. The van der Waals surface area contributed by atoms with Gasteiger partial charge in [0, 0.05) is 11.7 Å². The van der Waals surface area contributed by atoms with Crippen LogP contribution in [0, 0.1) is 0 Å². The molecule has 1 fully saturated rings. The van der Waals surface area contributed by atoms with Crippen molar-refractivity contribution in [3.05, 3.63) is 29.8 Å². The van der Waals surface area contributed by atoms with Crippen molar-refractivity contribution in [2.24, 2.45) is 0 Å². The van der Waals surface area contributed by atoms with Crippen molar-refractivity contribution in [2.45, 2.75) is 51.6 Å². The number of carbonyl (C=O) groups excluding carboxylic acids is 4. The number of nitrogens with one attached hydrogen (secondary N) is 1. The molecule has 1 aromatic rings. The third kappa shape index (κ3) is 3.58. The molecule has 0 bridgehead atoms. The van der Waals surface area contributed by atoms with Gasteiger partial charge in [0.2, 0.25) is 0 Å². The first-order valence-electron chi connectivity index (χ1n) is 9.46. The van der Waals surface area contributed by atoms with E-state index in [-0.39, 0.29) is 11.9 Å². The number of fused-ring (bicyclic) bond motifs is 1. The number of esters is 1. The molecule has 2 atom stereocenters. The summed E-state index contributed by atoms with van der Waals surface area (Å²) in [4.78, 5) is 51.6. The van der Waals surface area contributed by atoms with E-state index in [1.165, 1.54) is 0 Å². The molecule has 8 nitrogen and oxygen atoms in total. The highest BCUT2D eigenvalue weighted by Crippen LogP contribution is 2.30. The molecule has 0 aliphatic carbocycles. The Bertz CT molecular complexity index is 824. The van der Waals surface area contributed by atoms with Gasteiger partial charge in [0.05, 0.1) is 0 Å². The Hall–Kier alpha value is -2.90. The van der Waals surface area contributed by atoms with Gasteiger partial charge in [-0.05, 0) is 44.7 Å². The molecular weight excluding hydrogens is 362 g/mol. The Balaban J connectivity index is 1.60. The highest BCUT2D eigenvalue weighted by Gasteiger charge is 2.47. The molecule has 3 rings (SSSR count). The molecule has 1 aromatic carbocycles. The van der Waals surface area contributed by atoms with Gasteiger partial charge in [-0.25, -0.2) is 4.79 Å². The maximum absolute atomic E-state index is 12.7. The standard InChI is InChI=1S/C20H25N3O5/c1-4-20(3)18(26)22(19(27)21-20)11-17(25)28-12-16(24)23-13(2)9-10-14-7-5-6-8-15(14)23/h5-8,13H,4,9-12H2,1-3H3,(H,21,27). The highest BCUT2D eigenvalue weighted by molar-refractivity contribution is 6.08. The van der Waals surface area contributed by atoms with E-state index in [1.54, 1.807) is 18.7 Å². The van der Waals surface area contributed by atoms with Gasteiger partial charge in [-0.15, -0.1) is 0 Å². The zero-order valence-corrected chi connectivity index (χ0v) is 16.4. The second kappa shape index (κ2) is 7.61. The van der Waals surface area contributed by atoms with Crippen molar-refractivity contribution in [2.75, 3.05) is 18.1 Å². The number of hydrogen-bond donors (Lipinski definition) is 1. The third-order valence-electron chi connectivity index (χ3n) is 5.49. The van der Waals surface area contributed by atoms with Crippen LogP contribution >= 0.6 is 0 Å². The van der Waals surface area contributed by atoms with Gasteiger partial charge in [-0.2, -0.15) is 0 Å². The summed E-state index contributed by atoms with van der Waals surface area (Å²) in [7, 11) is 0. The van der Waals surface area contributed by atoms with E-state index >= 15 is 0 Å². The lowest BCUT2D eigenvalue weighted by molar-refractivity contribution is -0.150. The summed E-state index contributed by atoms with van der Waals surface area (Å²) >= 11 is 0. The number of aryl methyl sites for hydroxylation is 1. The number of hydrogen-bond acceptors (Lipinski definition) is 5. The normalized spacial score (nSPS) is 24.0. The van der Waals surface area contributed by atoms with Crippen molar-refractivity contribution in [1.29, 1.82) is 0 Å². The monoisotopic (exact) mass is 387 g/mol. The van der Waals surface area contributed by atoms with Gasteiger partial charge >= 0.3 is 12.0 Å². The van der Waals surface area contributed by atoms with Crippen LogP contribution < -0.4 is 10.2 Å². The minimum Gasteiger partial charge on any atom is -0.454 e. The third-order valence-corrected chi connectivity index (χ3v) is 5.49. The van der Waals surface area contributed by atoms with Gasteiger partial charge in [0.25, 0.3) is 11.8 Å². The van der Waals surface area contributed by atoms with Crippen LogP contribution in [0.3, 0.4) is 0 Å². The van der Waals surface area contributed by atoms with Crippen LogP contribution in [0.2, 0.25) is 0 Å². The summed E-state index contributed by atoms with van der Waals surface area (Å²) in [6.45, 7) is 4.38. The predicted octanol–water partition coefficient (Wildman–Crippen LogP) is 1.62. The summed E-state index contributed by atoms with van der Waals surface area (Å²) in [5, 5.41) is 2.57.